The average Bonchev–Trinajstić information content (AvgIpc) is 2.41. The number of carbonyl (C=O) groups excluding carboxylic acids is 1. The Hall–Kier alpha value is -1.58. The number of nitrogens with one attached hydrogen (secondary N) is 1. The fraction of sp³-hybridized carbons (Fsp3) is 0.182. The summed E-state index contributed by atoms with van der Waals surface area (Å²) in [4.78, 5) is 11.8. The van der Waals surface area contributed by atoms with Gasteiger partial charge in [-0.05, 0) is 34.1 Å². The number of anilines is 1. The molecule has 1 aromatic carbocycles. The molecule has 108 valence electrons. The zero-order valence-electron chi connectivity index (χ0n) is 10.1. The van der Waals surface area contributed by atoms with Crippen LogP contribution in [0.1, 0.15) is 0 Å². The largest absolute Gasteiger partial charge is 0.494 e. The quantitative estimate of drug-likeness (QED) is 0.831. The summed E-state index contributed by atoms with van der Waals surface area (Å²) >= 11 is 3.17. The highest BCUT2D eigenvalue weighted by Crippen LogP contribution is 2.25. The number of hydrogen-bond donors (Lipinski definition) is 2. The highest BCUT2D eigenvalue weighted by molar-refractivity contribution is 9.10. The number of ether oxygens (including phenoxy) is 2. The zero-order chi connectivity index (χ0) is 14.8. The highest BCUT2D eigenvalue weighted by atomic mass is 79.9. The second-order valence-corrected chi connectivity index (χ2v) is 6.26. The van der Waals surface area contributed by atoms with Gasteiger partial charge in [0.25, 0.3) is 5.91 Å². The SMILES string of the molecule is NS(=O)(=O)c1ccc(NC(=O)C2=COCCO2)c(Br)c1. The molecule has 0 spiro atoms. The lowest BCUT2D eigenvalue weighted by atomic mass is 10.3. The number of hydrogen-bond acceptors (Lipinski definition) is 5. The molecule has 0 unspecified atom stereocenters. The van der Waals surface area contributed by atoms with Crippen LogP contribution in [0.4, 0.5) is 5.69 Å². The molecule has 20 heavy (non-hydrogen) atoms. The molecule has 1 aliphatic heterocycles. The summed E-state index contributed by atoms with van der Waals surface area (Å²) < 4.78 is 32.9. The van der Waals surface area contributed by atoms with Crippen molar-refractivity contribution in [3.8, 4) is 0 Å². The summed E-state index contributed by atoms with van der Waals surface area (Å²) in [6, 6.07) is 4.02. The lowest BCUT2D eigenvalue weighted by molar-refractivity contribution is -0.117. The van der Waals surface area contributed by atoms with Gasteiger partial charge in [-0.3, -0.25) is 4.79 Å². The number of nitrogens with two attached hydrogens (primary N) is 1. The van der Waals surface area contributed by atoms with Crippen LogP contribution in [0.25, 0.3) is 0 Å². The maximum Gasteiger partial charge on any atom is 0.294 e. The van der Waals surface area contributed by atoms with Crippen LogP contribution in [0.2, 0.25) is 0 Å². The molecule has 1 aliphatic rings. The average molecular weight is 363 g/mol. The van der Waals surface area contributed by atoms with E-state index in [9.17, 15) is 13.2 Å². The van der Waals surface area contributed by atoms with Crippen LogP contribution in [0.5, 0.6) is 0 Å². The molecule has 0 aromatic heterocycles. The summed E-state index contributed by atoms with van der Waals surface area (Å²) in [7, 11) is -3.79. The molecule has 0 radical (unpaired) electrons. The molecule has 0 atom stereocenters. The van der Waals surface area contributed by atoms with E-state index in [-0.39, 0.29) is 10.7 Å². The molecule has 0 saturated heterocycles. The van der Waals surface area contributed by atoms with Gasteiger partial charge in [0.1, 0.15) is 19.5 Å². The van der Waals surface area contributed by atoms with E-state index < -0.39 is 15.9 Å². The van der Waals surface area contributed by atoms with Crippen molar-refractivity contribution in [2.75, 3.05) is 18.5 Å². The fourth-order valence-corrected chi connectivity index (χ4v) is 2.61. The van der Waals surface area contributed by atoms with Crippen molar-refractivity contribution >= 4 is 37.5 Å². The smallest absolute Gasteiger partial charge is 0.294 e. The second-order valence-electron chi connectivity index (χ2n) is 3.84. The van der Waals surface area contributed by atoms with Crippen LogP contribution < -0.4 is 10.5 Å². The minimum absolute atomic E-state index is 0.0543. The molecule has 0 saturated carbocycles. The summed E-state index contributed by atoms with van der Waals surface area (Å²) in [5.74, 6) is -0.438. The van der Waals surface area contributed by atoms with Crippen molar-refractivity contribution in [1.82, 2.24) is 0 Å². The van der Waals surface area contributed by atoms with E-state index in [1.54, 1.807) is 0 Å². The number of benzene rings is 1. The number of sulfonamides is 1. The number of rotatable bonds is 3. The Morgan fingerprint density at radius 1 is 1.35 bits per heavy atom. The molecule has 7 nitrogen and oxygen atoms in total. The Morgan fingerprint density at radius 3 is 2.65 bits per heavy atom. The van der Waals surface area contributed by atoms with Crippen LogP contribution >= 0.6 is 15.9 Å². The summed E-state index contributed by atoms with van der Waals surface area (Å²) in [6.07, 6.45) is 1.23. The molecule has 0 aliphatic carbocycles. The van der Waals surface area contributed by atoms with E-state index in [0.717, 1.165) is 0 Å². The van der Waals surface area contributed by atoms with Crippen molar-refractivity contribution < 1.29 is 22.7 Å². The first-order chi connectivity index (χ1) is 9.38. The molecule has 1 amide bonds. The Balaban J connectivity index is 2.18. The van der Waals surface area contributed by atoms with Crippen molar-refractivity contribution in [3.05, 3.63) is 34.7 Å². The van der Waals surface area contributed by atoms with Crippen molar-refractivity contribution in [2.24, 2.45) is 5.14 Å². The minimum Gasteiger partial charge on any atom is -0.494 e. The maximum absolute atomic E-state index is 11.9. The molecule has 0 bridgehead atoms. The summed E-state index contributed by atoms with van der Waals surface area (Å²) in [6.45, 7) is 0.689. The van der Waals surface area contributed by atoms with Gasteiger partial charge in [-0.25, -0.2) is 13.6 Å². The third-order valence-corrected chi connectivity index (χ3v) is 3.96. The van der Waals surface area contributed by atoms with Gasteiger partial charge in [0.2, 0.25) is 15.8 Å². The molecular weight excluding hydrogens is 352 g/mol. The molecule has 0 fully saturated rings. The van der Waals surface area contributed by atoms with Gasteiger partial charge >= 0.3 is 0 Å². The van der Waals surface area contributed by atoms with E-state index in [0.29, 0.717) is 23.4 Å². The second kappa shape index (κ2) is 5.81. The third kappa shape index (κ3) is 3.50. The first-order valence-electron chi connectivity index (χ1n) is 5.46. The van der Waals surface area contributed by atoms with Gasteiger partial charge in [0, 0.05) is 4.47 Å². The standard InChI is InChI=1S/C11H11BrN2O5S/c12-8-5-7(20(13,16)17)1-2-9(8)14-11(15)10-6-18-3-4-19-10/h1-2,5-6H,3-4H2,(H,14,15)(H2,13,16,17). The van der Waals surface area contributed by atoms with E-state index in [1.165, 1.54) is 24.5 Å². The fourth-order valence-electron chi connectivity index (χ4n) is 1.45. The van der Waals surface area contributed by atoms with E-state index >= 15 is 0 Å². The predicted molar refractivity (Wildman–Crippen MR) is 74.1 cm³/mol. The lowest BCUT2D eigenvalue weighted by Gasteiger charge is -2.15. The Morgan fingerprint density at radius 2 is 2.10 bits per heavy atom. The predicted octanol–water partition coefficient (Wildman–Crippen LogP) is 0.923. The van der Waals surface area contributed by atoms with E-state index in [1.807, 2.05) is 0 Å². The number of carbonyl (C=O) groups is 1. The van der Waals surface area contributed by atoms with Crippen LogP contribution in [0.15, 0.2) is 39.6 Å². The monoisotopic (exact) mass is 362 g/mol. The Labute approximate surface area is 123 Å². The molecule has 1 aromatic rings. The Bertz CT molecular complexity index is 671. The van der Waals surface area contributed by atoms with Gasteiger partial charge in [-0.2, -0.15) is 0 Å². The van der Waals surface area contributed by atoms with Crippen LogP contribution in [-0.2, 0) is 24.3 Å². The topological polar surface area (TPSA) is 108 Å². The Kier molecular flexibility index (Phi) is 4.31. The molecular formula is C11H11BrN2O5S. The van der Waals surface area contributed by atoms with Crippen molar-refractivity contribution in [2.45, 2.75) is 4.90 Å². The van der Waals surface area contributed by atoms with E-state index in [2.05, 4.69) is 21.2 Å². The minimum atomic E-state index is -3.79. The van der Waals surface area contributed by atoms with Gasteiger partial charge in [-0.15, -0.1) is 0 Å². The van der Waals surface area contributed by atoms with Gasteiger partial charge in [0.15, 0.2) is 0 Å². The number of halogens is 1. The van der Waals surface area contributed by atoms with Crippen molar-refractivity contribution in [3.63, 3.8) is 0 Å². The first kappa shape index (κ1) is 14.8. The van der Waals surface area contributed by atoms with Crippen LogP contribution in [-0.4, -0.2) is 27.5 Å². The molecule has 2 rings (SSSR count). The van der Waals surface area contributed by atoms with E-state index in [4.69, 9.17) is 14.6 Å². The maximum atomic E-state index is 11.9. The van der Waals surface area contributed by atoms with Gasteiger partial charge in [-0.1, -0.05) is 0 Å². The summed E-state index contributed by atoms with van der Waals surface area (Å²) in [5.41, 5.74) is 0.387. The zero-order valence-corrected chi connectivity index (χ0v) is 12.5. The molecule has 3 N–H and O–H groups in total. The first-order valence-corrected chi connectivity index (χ1v) is 7.80. The number of amides is 1. The van der Waals surface area contributed by atoms with Crippen molar-refractivity contribution in [1.29, 1.82) is 0 Å². The van der Waals surface area contributed by atoms with Gasteiger partial charge in [0.05, 0.1) is 10.6 Å². The van der Waals surface area contributed by atoms with Crippen LogP contribution in [0.3, 0.4) is 0 Å². The highest BCUT2D eigenvalue weighted by Gasteiger charge is 2.17. The molecule has 1 heterocycles. The van der Waals surface area contributed by atoms with Gasteiger partial charge < -0.3 is 14.8 Å². The summed E-state index contributed by atoms with van der Waals surface area (Å²) in [5, 5.41) is 7.58. The van der Waals surface area contributed by atoms with Crippen LogP contribution in [0, 0.1) is 0 Å². The molecule has 9 heteroatoms. The third-order valence-electron chi connectivity index (χ3n) is 2.39. The lowest BCUT2D eigenvalue weighted by Crippen LogP contribution is -2.21. The normalized spacial score (nSPS) is 14.8. The number of primary sulfonamides is 1.